The summed E-state index contributed by atoms with van der Waals surface area (Å²) in [6.07, 6.45) is 4.62. The number of nitrogens with zero attached hydrogens (tertiary/aromatic N) is 1. The maximum Gasteiger partial charge on any atom is 0.321 e. The van der Waals surface area contributed by atoms with Gasteiger partial charge in [-0.1, -0.05) is 19.1 Å². The Bertz CT molecular complexity index is 454. The molecule has 2 amide bonds. The number of carbonyl (C=O) groups excluding carboxylic acids is 1. The number of anilines is 1. The van der Waals surface area contributed by atoms with Crippen LogP contribution in [0.25, 0.3) is 0 Å². The van der Waals surface area contributed by atoms with E-state index in [4.69, 9.17) is 0 Å². The highest BCUT2D eigenvalue weighted by atomic mass is 16.2. The molecule has 0 spiro atoms. The van der Waals surface area contributed by atoms with Gasteiger partial charge in [-0.15, -0.1) is 0 Å². The Labute approximate surface area is 127 Å². The standard InChI is InChI=1S/C17H27N3O/c1-4-12-18-13(2)14-8-10-15(11-9-14)19-17(21)20(3)16-6-5-7-16/h8-11,13,16,18H,4-7,12H2,1-3H3,(H,19,21). The van der Waals surface area contributed by atoms with Crippen molar-refractivity contribution in [1.82, 2.24) is 10.2 Å². The molecule has 0 heterocycles. The van der Waals surface area contributed by atoms with Crippen molar-refractivity contribution in [3.8, 4) is 0 Å². The van der Waals surface area contributed by atoms with E-state index in [-0.39, 0.29) is 6.03 Å². The van der Waals surface area contributed by atoms with Crippen LogP contribution in [0, 0.1) is 0 Å². The molecule has 0 aromatic heterocycles. The number of rotatable bonds is 6. The predicted octanol–water partition coefficient (Wildman–Crippen LogP) is 3.76. The predicted molar refractivity (Wildman–Crippen MR) is 87.6 cm³/mol. The van der Waals surface area contributed by atoms with Gasteiger partial charge >= 0.3 is 6.03 Å². The van der Waals surface area contributed by atoms with Crippen molar-refractivity contribution < 1.29 is 4.79 Å². The van der Waals surface area contributed by atoms with Gasteiger partial charge in [0.1, 0.15) is 0 Å². The Morgan fingerprint density at radius 2 is 2.00 bits per heavy atom. The third-order valence-electron chi connectivity index (χ3n) is 4.31. The topological polar surface area (TPSA) is 44.4 Å². The summed E-state index contributed by atoms with van der Waals surface area (Å²) in [6.45, 7) is 5.34. The maximum atomic E-state index is 12.1. The second-order valence-electron chi connectivity index (χ2n) is 5.92. The average Bonchev–Trinajstić information content (AvgIpc) is 2.43. The Kier molecular flexibility index (Phi) is 5.62. The van der Waals surface area contributed by atoms with E-state index in [0.717, 1.165) is 31.5 Å². The zero-order valence-electron chi connectivity index (χ0n) is 13.4. The number of benzene rings is 1. The minimum Gasteiger partial charge on any atom is -0.325 e. The first-order valence-corrected chi connectivity index (χ1v) is 7.99. The van der Waals surface area contributed by atoms with E-state index in [1.165, 1.54) is 12.0 Å². The molecule has 21 heavy (non-hydrogen) atoms. The lowest BCUT2D eigenvalue weighted by Crippen LogP contribution is -2.43. The molecule has 0 aliphatic heterocycles. The fourth-order valence-corrected chi connectivity index (χ4v) is 2.49. The molecule has 1 aromatic rings. The summed E-state index contributed by atoms with van der Waals surface area (Å²) in [4.78, 5) is 13.9. The second-order valence-corrected chi connectivity index (χ2v) is 5.92. The van der Waals surface area contributed by atoms with Crippen molar-refractivity contribution in [2.45, 2.75) is 51.6 Å². The largest absolute Gasteiger partial charge is 0.325 e. The number of urea groups is 1. The van der Waals surface area contributed by atoms with Crippen molar-refractivity contribution in [3.63, 3.8) is 0 Å². The molecule has 1 aromatic carbocycles. The van der Waals surface area contributed by atoms with Gasteiger partial charge in [0.25, 0.3) is 0 Å². The lowest BCUT2D eigenvalue weighted by molar-refractivity contribution is 0.169. The van der Waals surface area contributed by atoms with Crippen LogP contribution >= 0.6 is 0 Å². The first-order valence-electron chi connectivity index (χ1n) is 7.99. The second kappa shape index (κ2) is 7.46. The van der Waals surface area contributed by atoms with Crippen LogP contribution in [0.15, 0.2) is 24.3 Å². The molecule has 4 heteroatoms. The molecule has 1 unspecified atom stereocenters. The molecule has 1 atom stereocenters. The Balaban J connectivity index is 1.88. The number of amides is 2. The van der Waals surface area contributed by atoms with Gasteiger partial charge in [0.2, 0.25) is 0 Å². The minimum absolute atomic E-state index is 0.00962. The van der Waals surface area contributed by atoms with Crippen LogP contribution in [0.5, 0.6) is 0 Å². The molecule has 1 aliphatic rings. The van der Waals surface area contributed by atoms with Crippen LogP contribution in [0.3, 0.4) is 0 Å². The molecule has 116 valence electrons. The summed E-state index contributed by atoms with van der Waals surface area (Å²) < 4.78 is 0. The van der Waals surface area contributed by atoms with E-state index in [1.807, 2.05) is 24.1 Å². The van der Waals surface area contributed by atoms with Crippen LogP contribution in [-0.4, -0.2) is 30.6 Å². The third kappa shape index (κ3) is 4.21. The highest BCUT2D eigenvalue weighted by molar-refractivity contribution is 5.89. The summed E-state index contributed by atoms with van der Waals surface area (Å²) in [5.41, 5.74) is 2.10. The molecule has 2 rings (SSSR count). The monoisotopic (exact) mass is 289 g/mol. The highest BCUT2D eigenvalue weighted by Gasteiger charge is 2.25. The third-order valence-corrected chi connectivity index (χ3v) is 4.31. The number of hydrogen-bond donors (Lipinski definition) is 2. The first kappa shape index (κ1) is 15.8. The van der Waals surface area contributed by atoms with Gasteiger partial charge in [-0.05, 0) is 56.8 Å². The van der Waals surface area contributed by atoms with Gasteiger partial charge in [0, 0.05) is 24.8 Å². The molecule has 2 N–H and O–H groups in total. The van der Waals surface area contributed by atoms with Gasteiger partial charge in [-0.3, -0.25) is 0 Å². The van der Waals surface area contributed by atoms with Crippen molar-refractivity contribution in [1.29, 1.82) is 0 Å². The summed E-state index contributed by atoms with van der Waals surface area (Å²) in [5, 5.41) is 6.43. The summed E-state index contributed by atoms with van der Waals surface area (Å²) >= 11 is 0. The molecule has 1 saturated carbocycles. The SMILES string of the molecule is CCCNC(C)c1ccc(NC(=O)N(C)C2CCC2)cc1. The Morgan fingerprint density at radius 1 is 1.33 bits per heavy atom. The molecule has 1 aliphatic carbocycles. The van der Waals surface area contributed by atoms with Crippen molar-refractivity contribution in [2.24, 2.45) is 0 Å². The first-order chi connectivity index (χ1) is 10.1. The molecular formula is C17H27N3O. The average molecular weight is 289 g/mol. The zero-order valence-corrected chi connectivity index (χ0v) is 13.4. The normalized spacial score (nSPS) is 16.1. The van der Waals surface area contributed by atoms with E-state index in [9.17, 15) is 4.79 Å². The van der Waals surface area contributed by atoms with Gasteiger partial charge in [-0.2, -0.15) is 0 Å². The molecule has 0 saturated heterocycles. The Morgan fingerprint density at radius 3 is 2.52 bits per heavy atom. The number of carbonyl (C=O) groups is 1. The van der Waals surface area contributed by atoms with Crippen LogP contribution in [0.4, 0.5) is 10.5 Å². The summed E-state index contributed by atoms with van der Waals surface area (Å²) in [5.74, 6) is 0. The molecule has 0 bridgehead atoms. The van der Waals surface area contributed by atoms with E-state index in [0.29, 0.717) is 12.1 Å². The fraction of sp³-hybridized carbons (Fsp3) is 0.588. The quantitative estimate of drug-likeness (QED) is 0.837. The highest BCUT2D eigenvalue weighted by Crippen LogP contribution is 2.24. The molecule has 0 radical (unpaired) electrons. The minimum atomic E-state index is -0.00962. The summed E-state index contributed by atoms with van der Waals surface area (Å²) in [6, 6.07) is 8.86. The van der Waals surface area contributed by atoms with Crippen LogP contribution in [0.1, 0.15) is 51.1 Å². The Hall–Kier alpha value is -1.55. The van der Waals surface area contributed by atoms with E-state index in [2.05, 4.69) is 36.6 Å². The smallest absolute Gasteiger partial charge is 0.321 e. The lowest BCUT2D eigenvalue weighted by atomic mass is 9.92. The van der Waals surface area contributed by atoms with Crippen molar-refractivity contribution >= 4 is 11.7 Å². The number of hydrogen-bond acceptors (Lipinski definition) is 2. The molecule has 1 fully saturated rings. The van der Waals surface area contributed by atoms with Crippen molar-refractivity contribution in [2.75, 3.05) is 18.9 Å². The lowest BCUT2D eigenvalue weighted by Gasteiger charge is -2.34. The van der Waals surface area contributed by atoms with Crippen LogP contribution in [0.2, 0.25) is 0 Å². The molecular weight excluding hydrogens is 262 g/mol. The van der Waals surface area contributed by atoms with E-state index >= 15 is 0 Å². The van der Waals surface area contributed by atoms with Gasteiger partial charge in [0.15, 0.2) is 0 Å². The summed E-state index contributed by atoms with van der Waals surface area (Å²) in [7, 11) is 1.88. The maximum absolute atomic E-state index is 12.1. The zero-order chi connectivity index (χ0) is 15.2. The van der Waals surface area contributed by atoms with Gasteiger partial charge in [-0.25, -0.2) is 4.79 Å². The van der Waals surface area contributed by atoms with Crippen molar-refractivity contribution in [3.05, 3.63) is 29.8 Å². The van der Waals surface area contributed by atoms with E-state index in [1.54, 1.807) is 0 Å². The molecule has 4 nitrogen and oxygen atoms in total. The number of nitrogens with one attached hydrogen (secondary N) is 2. The van der Waals surface area contributed by atoms with E-state index < -0.39 is 0 Å². The van der Waals surface area contributed by atoms with Crippen LogP contribution in [-0.2, 0) is 0 Å². The van der Waals surface area contributed by atoms with Crippen LogP contribution < -0.4 is 10.6 Å². The van der Waals surface area contributed by atoms with Gasteiger partial charge < -0.3 is 15.5 Å². The van der Waals surface area contributed by atoms with Gasteiger partial charge in [0.05, 0.1) is 0 Å². The fourth-order valence-electron chi connectivity index (χ4n) is 2.49.